The fourth-order valence-corrected chi connectivity index (χ4v) is 1.07. The molecule has 0 saturated heterocycles. The molecule has 0 fully saturated rings. The first-order valence-electron chi connectivity index (χ1n) is 8.60. The molecule has 0 amide bonds. The van der Waals surface area contributed by atoms with E-state index < -0.39 is 10.4 Å². The van der Waals surface area contributed by atoms with E-state index in [2.05, 4.69) is 55.4 Å². The Kier molecular flexibility index (Phi) is 19.4. The minimum atomic E-state index is -4.92. The second-order valence-electron chi connectivity index (χ2n) is 8.29. The van der Waals surface area contributed by atoms with Gasteiger partial charge in [0.15, 0.2) is 0 Å². The molecule has 0 saturated carbocycles. The van der Waals surface area contributed by atoms with Crippen molar-refractivity contribution in [2.45, 2.75) is 13.8 Å². The van der Waals surface area contributed by atoms with E-state index in [9.17, 15) is 9.59 Å². The lowest BCUT2D eigenvalue weighted by molar-refractivity contribution is -0.870. The van der Waals surface area contributed by atoms with Gasteiger partial charge in [0.2, 0.25) is 10.4 Å². The fraction of sp³-hybridized carbons (Fsp3) is 0.667. The zero-order chi connectivity index (χ0) is 24.1. The van der Waals surface area contributed by atoms with Crippen LogP contribution in [0, 0.1) is 0 Å². The van der Waals surface area contributed by atoms with Crippen LogP contribution in [-0.2, 0) is 29.5 Å². The molecule has 0 rings (SSSR count). The van der Waals surface area contributed by atoms with Crippen LogP contribution in [0.1, 0.15) is 13.8 Å². The second kappa shape index (κ2) is 16.2. The number of esters is 2. The lowest BCUT2D eigenvalue weighted by atomic mass is 10.4. The highest BCUT2D eigenvalue weighted by Gasteiger charge is 2.10. The Morgan fingerprint density at radius 3 is 1.17 bits per heavy atom. The van der Waals surface area contributed by atoms with Crippen molar-refractivity contribution in [1.82, 2.24) is 0 Å². The van der Waals surface area contributed by atoms with Crippen LogP contribution in [-0.4, -0.2) is 107 Å². The Morgan fingerprint density at radius 2 is 1.03 bits per heavy atom. The molecule has 0 spiro atoms. The Bertz CT molecular complexity index is 600. The number of carbonyl (C=O) groups excluding carboxylic acids is 2. The number of halogens is 1. The Morgan fingerprint density at radius 1 is 0.833 bits per heavy atom. The van der Waals surface area contributed by atoms with E-state index >= 15 is 0 Å². The van der Waals surface area contributed by atoms with Gasteiger partial charge >= 0.3 is 11.9 Å². The van der Waals surface area contributed by atoms with Crippen molar-refractivity contribution in [2.75, 3.05) is 68.6 Å². The number of likely N-dealkylation sites (N-methyl/N-ethyl adjacent to an activating group) is 2. The number of rotatable bonds is 8. The van der Waals surface area contributed by atoms with Crippen molar-refractivity contribution in [3.8, 4) is 0 Å². The van der Waals surface area contributed by atoms with Crippen LogP contribution >= 0.6 is 0 Å². The zero-order valence-corrected chi connectivity index (χ0v) is 20.8. The van der Waals surface area contributed by atoms with Crippen LogP contribution in [0.3, 0.4) is 0 Å². The van der Waals surface area contributed by atoms with E-state index in [4.69, 9.17) is 27.0 Å². The van der Waals surface area contributed by atoms with Crippen LogP contribution in [0.25, 0.3) is 0 Å². The summed E-state index contributed by atoms with van der Waals surface area (Å²) in [6.45, 7) is 12.8. The number of hydrogen-bond acceptors (Lipinski definition) is 7. The first-order chi connectivity index (χ1) is 12.7. The molecule has 0 aromatic heterocycles. The molecule has 0 unspecified atom stereocenters. The Labute approximate surface area is 187 Å². The smallest absolute Gasteiger partial charge is 0.333 e. The van der Waals surface area contributed by atoms with Crippen molar-refractivity contribution in [3.05, 3.63) is 24.3 Å². The SMILES string of the molecule is C=C(C)C(=O)OCC[N+](C)(C)C.C=C(C)C(=O)OCC[N+](C)(C)C.O=S(=O)([O-])O.[Cl-]. The Balaban J connectivity index is -0.000000180. The molecule has 0 bridgehead atoms. The van der Waals surface area contributed by atoms with Crippen molar-refractivity contribution in [2.24, 2.45) is 0 Å². The van der Waals surface area contributed by atoms with Gasteiger partial charge in [0.1, 0.15) is 26.3 Å². The van der Waals surface area contributed by atoms with Crippen molar-refractivity contribution >= 4 is 22.3 Å². The van der Waals surface area contributed by atoms with E-state index in [0.717, 1.165) is 22.1 Å². The summed E-state index contributed by atoms with van der Waals surface area (Å²) in [6, 6.07) is 0. The lowest BCUT2D eigenvalue weighted by Gasteiger charge is -2.23. The highest BCUT2D eigenvalue weighted by atomic mass is 35.5. The van der Waals surface area contributed by atoms with E-state index in [1.807, 2.05) is 0 Å². The molecule has 0 aliphatic heterocycles. The van der Waals surface area contributed by atoms with Crippen molar-refractivity contribution < 1.29 is 58.0 Å². The predicted octanol–water partition coefficient (Wildman–Crippen LogP) is -2.37. The fourth-order valence-electron chi connectivity index (χ4n) is 1.07. The maximum Gasteiger partial charge on any atom is 0.333 e. The van der Waals surface area contributed by atoms with E-state index in [-0.39, 0.29) is 24.3 Å². The monoisotopic (exact) mass is 476 g/mol. The molecule has 0 heterocycles. The maximum atomic E-state index is 10.9. The van der Waals surface area contributed by atoms with Crippen LogP contribution in [0.5, 0.6) is 0 Å². The van der Waals surface area contributed by atoms with Crippen LogP contribution in [0.4, 0.5) is 0 Å². The second-order valence-corrected chi connectivity index (χ2v) is 9.14. The standard InChI is InChI=1S/2C9H18NO2.ClH.H2O4S/c2*1-8(2)9(11)12-7-6-10(3,4)5;;1-5(2,3)4/h2*1,6-7H2,2-5H3;1H;(H2,1,2,3,4)/q2*+1;;/p-2. The number of ether oxygens (including phenoxy) is 2. The third kappa shape index (κ3) is 41.0. The normalized spacial score (nSPS) is 10.7. The molecule has 0 atom stereocenters. The average molecular weight is 477 g/mol. The largest absolute Gasteiger partial charge is 1.00 e. The molecular formula is C18H37ClN2O8S. The van der Waals surface area contributed by atoms with E-state index in [0.29, 0.717) is 24.4 Å². The maximum absolute atomic E-state index is 10.9. The number of hydrogen-bond donors (Lipinski definition) is 1. The molecule has 0 aliphatic rings. The van der Waals surface area contributed by atoms with Gasteiger partial charge in [-0.2, -0.15) is 0 Å². The zero-order valence-electron chi connectivity index (χ0n) is 19.2. The third-order valence-corrected chi connectivity index (χ3v) is 2.69. The van der Waals surface area contributed by atoms with Crippen molar-refractivity contribution in [1.29, 1.82) is 0 Å². The summed E-state index contributed by atoms with van der Waals surface area (Å²) < 4.78 is 44.3. The molecule has 0 aromatic rings. The van der Waals surface area contributed by atoms with Gasteiger partial charge in [0.05, 0.1) is 42.3 Å². The molecule has 12 heteroatoms. The highest BCUT2D eigenvalue weighted by molar-refractivity contribution is 7.79. The molecule has 30 heavy (non-hydrogen) atoms. The lowest BCUT2D eigenvalue weighted by Crippen LogP contribution is -3.00. The summed E-state index contributed by atoms with van der Waals surface area (Å²) in [7, 11) is 7.38. The molecule has 1 N–H and O–H groups in total. The van der Waals surface area contributed by atoms with Gasteiger partial charge in [-0.15, -0.1) is 0 Å². The van der Waals surface area contributed by atoms with Gasteiger partial charge in [-0.05, 0) is 13.8 Å². The number of quaternary nitrogens is 2. The van der Waals surface area contributed by atoms with Gasteiger partial charge in [-0.25, -0.2) is 18.0 Å². The topological polar surface area (TPSA) is 130 Å². The minimum absolute atomic E-state index is 0. The first-order valence-corrected chi connectivity index (χ1v) is 9.96. The number of nitrogens with zero attached hydrogens (tertiary/aromatic N) is 2. The quantitative estimate of drug-likeness (QED) is 0.135. The summed E-state index contributed by atoms with van der Waals surface area (Å²) in [4.78, 5) is 21.8. The van der Waals surface area contributed by atoms with Gasteiger partial charge < -0.3 is 35.4 Å². The van der Waals surface area contributed by atoms with E-state index in [1.54, 1.807) is 13.8 Å². The van der Waals surface area contributed by atoms with Gasteiger partial charge in [-0.3, -0.25) is 4.55 Å². The predicted molar refractivity (Wildman–Crippen MR) is 110 cm³/mol. The van der Waals surface area contributed by atoms with E-state index in [1.165, 1.54) is 0 Å². The van der Waals surface area contributed by atoms with Gasteiger partial charge in [0, 0.05) is 11.1 Å². The summed E-state index contributed by atoms with van der Waals surface area (Å²) in [5.74, 6) is -0.605. The molecular weight excluding hydrogens is 440 g/mol. The molecule has 180 valence electrons. The number of carbonyl (C=O) groups is 2. The summed E-state index contributed by atoms with van der Waals surface area (Å²) >= 11 is 0. The van der Waals surface area contributed by atoms with Gasteiger partial charge in [0.25, 0.3) is 0 Å². The molecule has 10 nitrogen and oxygen atoms in total. The Hall–Kier alpha value is -1.50. The van der Waals surface area contributed by atoms with Crippen LogP contribution < -0.4 is 12.4 Å². The van der Waals surface area contributed by atoms with Crippen LogP contribution in [0.15, 0.2) is 24.3 Å². The first kappa shape index (κ1) is 35.9. The van der Waals surface area contributed by atoms with Crippen LogP contribution in [0.2, 0.25) is 0 Å². The van der Waals surface area contributed by atoms with Crippen molar-refractivity contribution in [3.63, 3.8) is 0 Å². The molecule has 0 radical (unpaired) electrons. The molecule has 0 aliphatic carbocycles. The molecule has 0 aromatic carbocycles. The summed E-state index contributed by atoms with van der Waals surface area (Å²) in [5, 5.41) is 0. The summed E-state index contributed by atoms with van der Waals surface area (Å²) in [6.07, 6.45) is 0. The summed E-state index contributed by atoms with van der Waals surface area (Å²) in [5.41, 5.74) is 0.910. The highest BCUT2D eigenvalue weighted by Crippen LogP contribution is 1.95. The van der Waals surface area contributed by atoms with Gasteiger partial charge in [-0.1, -0.05) is 13.2 Å². The average Bonchev–Trinajstić information content (AvgIpc) is 2.42. The minimum Gasteiger partial charge on any atom is -1.00 e. The third-order valence-electron chi connectivity index (χ3n) is 2.69.